The molecular weight excluding hydrogens is 162 g/mol. The third-order valence-corrected chi connectivity index (χ3v) is 1.87. The molecule has 0 aromatic rings. The van der Waals surface area contributed by atoms with Crippen LogP contribution in [0.4, 0.5) is 0 Å². The molecule has 2 heteroatoms. The van der Waals surface area contributed by atoms with E-state index in [0.29, 0.717) is 5.92 Å². The van der Waals surface area contributed by atoms with Gasteiger partial charge < -0.3 is 5.32 Å². The van der Waals surface area contributed by atoms with Crippen molar-refractivity contribution in [2.45, 2.75) is 33.6 Å². The number of Topliss-reactive ketones (excluding diaryl/α,β-unsaturated/α-hetero) is 1. The van der Waals surface area contributed by atoms with Crippen LogP contribution in [-0.2, 0) is 4.79 Å². The van der Waals surface area contributed by atoms with Crippen LogP contribution in [-0.4, -0.2) is 19.4 Å². The molecule has 0 aliphatic heterocycles. The highest BCUT2D eigenvalue weighted by atomic mass is 16.1. The topological polar surface area (TPSA) is 29.1 Å². The maximum atomic E-state index is 11.2. The largest absolute Gasteiger partial charge is 0.319 e. The molecule has 0 rings (SSSR count). The van der Waals surface area contributed by atoms with Gasteiger partial charge in [0.2, 0.25) is 0 Å². The molecule has 0 aliphatic carbocycles. The monoisotopic (exact) mass is 183 g/mol. The van der Waals surface area contributed by atoms with Crippen molar-refractivity contribution in [3.63, 3.8) is 0 Å². The lowest BCUT2D eigenvalue weighted by Gasteiger charge is -2.06. The summed E-state index contributed by atoms with van der Waals surface area (Å²) in [7, 11) is 1.92. The molecule has 1 N–H and O–H groups in total. The van der Waals surface area contributed by atoms with E-state index in [1.807, 2.05) is 7.05 Å². The lowest BCUT2D eigenvalue weighted by atomic mass is 9.99. The molecule has 0 aromatic heterocycles. The third kappa shape index (κ3) is 6.52. The van der Waals surface area contributed by atoms with Gasteiger partial charge in [0.25, 0.3) is 0 Å². The van der Waals surface area contributed by atoms with E-state index >= 15 is 0 Å². The fourth-order valence-electron chi connectivity index (χ4n) is 1.20. The molecule has 0 fully saturated rings. The van der Waals surface area contributed by atoms with E-state index in [4.69, 9.17) is 0 Å². The van der Waals surface area contributed by atoms with Crippen LogP contribution in [0.25, 0.3) is 0 Å². The first-order valence-electron chi connectivity index (χ1n) is 4.92. The van der Waals surface area contributed by atoms with Crippen molar-refractivity contribution in [2.75, 3.05) is 13.6 Å². The summed E-state index contributed by atoms with van der Waals surface area (Å²) < 4.78 is 0. The fourth-order valence-corrected chi connectivity index (χ4v) is 1.20. The van der Waals surface area contributed by atoms with Gasteiger partial charge in [-0.05, 0) is 44.8 Å². The van der Waals surface area contributed by atoms with E-state index in [1.54, 1.807) is 6.92 Å². The van der Waals surface area contributed by atoms with Crippen LogP contribution in [0.3, 0.4) is 0 Å². The Morgan fingerprint density at radius 2 is 2.08 bits per heavy atom. The van der Waals surface area contributed by atoms with Crippen LogP contribution in [0.15, 0.2) is 11.6 Å². The van der Waals surface area contributed by atoms with Gasteiger partial charge in [-0.2, -0.15) is 0 Å². The highest BCUT2D eigenvalue weighted by molar-refractivity contribution is 5.93. The molecule has 0 amide bonds. The Bertz CT molecular complexity index is 183. The SMILES string of the molecule is CNCC/C=C(\CC(C)C)C(C)=O. The average Bonchev–Trinajstić information content (AvgIpc) is 2.02. The summed E-state index contributed by atoms with van der Waals surface area (Å²) >= 11 is 0. The van der Waals surface area contributed by atoms with Gasteiger partial charge in [0.15, 0.2) is 5.78 Å². The fraction of sp³-hybridized carbons (Fsp3) is 0.727. The summed E-state index contributed by atoms with van der Waals surface area (Å²) in [4.78, 5) is 11.2. The number of rotatable bonds is 6. The number of allylic oxidation sites excluding steroid dienone is 1. The predicted octanol–water partition coefficient (Wildman–Crippen LogP) is 2.16. The summed E-state index contributed by atoms with van der Waals surface area (Å²) in [6.07, 6.45) is 3.90. The molecule has 0 bridgehead atoms. The van der Waals surface area contributed by atoms with Crippen molar-refractivity contribution in [3.05, 3.63) is 11.6 Å². The second-order valence-corrected chi connectivity index (χ2v) is 3.78. The van der Waals surface area contributed by atoms with Crippen molar-refractivity contribution in [1.82, 2.24) is 5.32 Å². The molecule has 0 saturated carbocycles. The van der Waals surface area contributed by atoms with Crippen molar-refractivity contribution in [3.8, 4) is 0 Å². The van der Waals surface area contributed by atoms with E-state index < -0.39 is 0 Å². The number of nitrogens with one attached hydrogen (secondary N) is 1. The molecule has 0 aromatic carbocycles. The lowest BCUT2D eigenvalue weighted by Crippen LogP contribution is -2.08. The summed E-state index contributed by atoms with van der Waals surface area (Å²) in [5, 5.41) is 3.06. The summed E-state index contributed by atoms with van der Waals surface area (Å²) in [6.45, 7) is 6.85. The normalized spacial score (nSPS) is 12.2. The Hall–Kier alpha value is -0.630. The van der Waals surface area contributed by atoms with Gasteiger partial charge in [0.05, 0.1) is 0 Å². The second kappa shape index (κ2) is 6.84. The number of ketones is 1. The van der Waals surface area contributed by atoms with E-state index in [9.17, 15) is 4.79 Å². The molecule has 0 atom stereocenters. The molecule has 2 nitrogen and oxygen atoms in total. The number of hydrogen-bond donors (Lipinski definition) is 1. The van der Waals surface area contributed by atoms with Crippen LogP contribution in [0.5, 0.6) is 0 Å². The van der Waals surface area contributed by atoms with Gasteiger partial charge in [0.1, 0.15) is 0 Å². The molecule has 0 spiro atoms. The number of hydrogen-bond acceptors (Lipinski definition) is 2. The molecule has 0 radical (unpaired) electrons. The Balaban J connectivity index is 4.07. The van der Waals surface area contributed by atoms with Gasteiger partial charge in [-0.25, -0.2) is 0 Å². The Labute approximate surface area is 81.4 Å². The molecule has 13 heavy (non-hydrogen) atoms. The first kappa shape index (κ1) is 12.4. The van der Waals surface area contributed by atoms with Crippen molar-refractivity contribution in [1.29, 1.82) is 0 Å². The number of carbonyl (C=O) groups excluding carboxylic acids is 1. The van der Waals surface area contributed by atoms with Crippen molar-refractivity contribution < 1.29 is 4.79 Å². The smallest absolute Gasteiger partial charge is 0.155 e. The first-order chi connectivity index (χ1) is 6.07. The Morgan fingerprint density at radius 1 is 1.46 bits per heavy atom. The molecular formula is C11H21NO. The molecule has 0 heterocycles. The molecule has 0 unspecified atom stereocenters. The van der Waals surface area contributed by atoms with Gasteiger partial charge in [-0.15, -0.1) is 0 Å². The third-order valence-electron chi connectivity index (χ3n) is 1.87. The van der Waals surface area contributed by atoms with Crippen LogP contribution >= 0.6 is 0 Å². The Morgan fingerprint density at radius 3 is 2.46 bits per heavy atom. The van der Waals surface area contributed by atoms with Crippen LogP contribution in [0.2, 0.25) is 0 Å². The quantitative estimate of drug-likeness (QED) is 0.505. The summed E-state index contributed by atoms with van der Waals surface area (Å²) in [6, 6.07) is 0. The van der Waals surface area contributed by atoms with Gasteiger partial charge in [0, 0.05) is 0 Å². The maximum Gasteiger partial charge on any atom is 0.155 e. The van der Waals surface area contributed by atoms with Gasteiger partial charge in [-0.1, -0.05) is 19.9 Å². The first-order valence-corrected chi connectivity index (χ1v) is 4.92. The van der Waals surface area contributed by atoms with E-state index in [1.165, 1.54) is 0 Å². The molecule has 0 aliphatic rings. The zero-order chi connectivity index (χ0) is 10.3. The van der Waals surface area contributed by atoms with Crippen molar-refractivity contribution in [2.24, 2.45) is 5.92 Å². The summed E-state index contributed by atoms with van der Waals surface area (Å²) in [5.74, 6) is 0.773. The summed E-state index contributed by atoms with van der Waals surface area (Å²) in [5.41, 5.74) is 0.977. The van der Waals surface area contributed by atoms with E-state index in [2.05, 4.69) is 25.2 Å². The minimum absolute atomic E-state index is 0.213. The maximum absolute atomic E-state index is 11.2. The second-order valence-electron chi connectivity index (χ2n) is 3.78. The zero-order valence-electron chi connectivity index (χ0n) is 9.18. The molecule has 0 saturated heterocycles. The van der Waals surface area contributed by atoms with Crippen LogP contribution in [0, 0.1) is 5.92 Å². The van der Waals surface area contributed by atoms with E-state index in [-0.39, 0.29) is 5.78 Å². The number of carbonyl (C=O) groups is 1. The standard InChI is InChI=1S/C11H21NO/c1-9(2)8-11(10(3)13)6-5-7-12-4/h6,9,12H,5,7-8H2,1-4H3/b11-6+. The van der Waals surface area contributed by atoms with Gasteiger partial charge >= 0.3 is 0 Å². The average molecular weight is 183 g/mol. The predicted molar refractivity (Wildman–Crippen MR) is 56.8 cm³/mol. The van der Waals surface area contributed by atoms with Gasteiger partial charge in [-0.3, -0.25) is 4.79 Å². The zero-order valence-corrected chi connectivity index (χ0v) is 9.18. The van der Waals surface area contributed by atoms with Crippen LogP contribution < -0.4 is 5.32 Å². The highest BCUT2D eigenvalue weighted by Crippen LogP contribution is 2.12. The van der Waals surface area contributed by atoms with E-state index in [0.717, 1.165) is 25.0 Å². The lowest BCUT2D eigenvalue weighted by molar-refractivity contribution is -0.113. The minimum Gasteiger partial charge on any atom is -0.319 e. The van der Waals surface area contributed by atoms with Crippen molar-refractivity contribution >= 4 is 5.78 Å². The van der Waals surface area contributed by atoms with Crippen LogP contribution in [0.1, 0.15) is 33.6 Å². The minimum atomic E-state index is 0.213. The highest BCUT2D eigenvalue weighted by Gasteiger charge is 2.05. The Kier molecular flexibility index (Phi) is 6.51. The molecule has 76 valence electrons.